The molecule has 1 saturated heterocycles. The van der Waals surface area contributed by atoms with Crippen LogP contribution >= 0.6 is 0 Å². The number of aromatic nitrogens is 1. The lowest BCUT2D eigenvalue weighted by atomic mass is 10.2. The van der Waals surface area contributed by atoms with Crippen LogP contribution in [0.1, 0.15) is 18.5 Å². The molecule has 0 aliphatic carbocycles. The predicted octanol–water partition coefficient (Wildman–Crippen LogP) is 1.13. The van der Waals surface area contributed by atoms with Crippen molar-refractivity contribution >= 4 is 0 Å². The molecule has 1 aromatic rings. The molecular weight excluding hydrogens is 194 g/mol. The summed E-state index contributed by atoms with van der Waals surface area (Å²) in [6, 6.07) is 3.53. The standard InChI is InChI=1S/C11H15NO3/c13-7-9-6-10(3-4-12-9)15-8-11-2-1-5-14-11/h3-4,6,11,13H,1-2,5,7-8H2. The van der Waals surface area contributed by atoms with Gasteiger partial charge in [-0.1, -0.05) is 0 Å². The highest BCUT2D eigenvalue weighted by Gasteiger charge is 2.15. The smallest absolute Gasteiger partial charge is 0.122 e. The zero-order chi connectivity index (χ0) is 10.5. The fraction of sp³-hybridized carbons (Fsp3) is 0.545. The average molecular weight is 209 g/mol. The lowest BCUT2D eigenvalue weighted by Gasteiger charge is -2.11. The van der Waals surface area contributed by atoms with Crippen LogP contribution < -0.4 is 4.74 Å². The molecule has 4 nitrogen and oxygen atoms in total. The SMILES string of the molecule is OCc1cc(OCC2CCCO2)ccn1. The molecule has 0 aromatic carbocycles. The fourth-order valence-electron chi connectivity index (χ4n) is 1.60. The van der Waals surface area contributed by atoms with E-state index in [-0.39, 0.29) is 12.7 Å². The zero-order valence-corrected chi connectivity index (χ0v) is 8.56. The third kappa shape index (κ3) is 2.91. The molecule has 2 rings (SSSR count). The number of ether oxygens (including phenoxy) is 2. The Morgan fingerprint density at radius 1 is 1.60 bits per heavy atom. The van der Waals surface area contributed by atoms with Crippen molar-refractivity contribution in [1.29, 1.82) is 0 Å². The van der Waals surface area contributed by atoms with E-state index in [2.05, 4.69) is 4.98 Å². The molecule has 0 saturated carbocycles. The van der Waals surface area contributed by atoms with Crippen LogP contribution in [0.2, 0.25) is 0 Å². The molecule has 1 unspecified atom stereocenters. The highest BCUT2D eigenvalue weighted by molar-refractivity contribution is 5.22. The van der Waals surface area contributed by atoms with Crippen LogP contribution in [0.25, 0.3) is 0 Å². The number of hydrogen-bond acceptors (Lipinski definition) is 4. The number of aliphatic hydroxyl groups excluding tert-OH is 1. The van der Waals surface area contributed by atoms with E-state index in [0.29, 0.717) is 12.3 Å². The maximum atomic E-state index is 8.90. The maximum Gasteiger partial charge on any atom is 0.122 e. The average Bonchev–Trinajstić information content (AvgIpc) is 2.79. The van der Waals surface area contributed by atoms with E-state index in [1.54, 1.807) is 18.3 Å². The van der Waals surface area contributed by atoms with Crippen molar-refractivity contribution < 1.29 is 14.6 Å². The van der Waals surface area contributed by atoms with Gasteiger partial charge in [-0.25, -0.2) is 0 Å². The molecule has 4 heteroatoms. The molecular formula is C11H15NO3. The van der Waals surface area contributed by atoms with Crippen LogP contribution in [0, 0.1) is 0 Å². The predicted molar refractivity (Wildman–Crippen MR) is 54.6 cm³/mol. The summed E-state index contributed by atoms with van der Waals surface area (Å²) in [5.41, 5.74) is 0.625. The van der Waals surface area contributed by atoms with Gasteiger partial charge in [-0.15, -0.1) is 0 Å². The van der Waals surface area contributed by atoms with Gasteiger partial charge < -0.3 is 14.6 Å². The van der Waals surface area contributed by atoms with Gasteiger partial charge in [0.05, 0.1) is 18.4 Å². The third-order valence-electron chi connectivity index (χ3n) is 2.41. The summed E-state index contributed by atoms with van der Waals surface area (Å²) in [5, 5.41) is 8.90. The monoisotopic (exact) mass is 209 g/mol. The first kappa shape index (κ1) is 10.4. The topological polar surface area (TPSA) is 51.6 Å². The lowest BCUT2D eigenvalue weighted by Crippen LogP contribution is -2.16. The van der Waals surface area contributed by atoms with Crippen LogP contribution in [0.4, 0.5) is 0 Å². The minimum atomic E-state index is -0.0584. The van der Waals surface area contributed by atoms with Crippen LogP contribution in [0.5, 0.6) is 5.75 Å². The summed E-state index contributed by atoms with van der Waals surface area (Å²) in [5.74, 6) is 0.740. The van der Waals surface area contributed by atoms with Crippen molar-refractivity contribution in [2.24, 2.45) is 0 Å². The van der Waals surface area contributed by atoms with Gasteiger partial charge >= 0.3 is 0 Å². The van der Waals surface area contributed by atoms with E-state index in [4.69, 9.17) is 14.6 Å². The van der Waals surface area contributed by atoms with Crippen LogP contribution in [-0.2, 0) is 11.3 Å². The Bertz CT molecular complexity index is 310. The number of aliphatic hydroxyl groups is 1. The van der Waals surface area contributed by atoms with Crippen molar-refractivity contribution in [1.82, 2.24) is 4.98 Å². The van der Waals surface area contributed by atoms with Crippen molar-refractivity contribution in [2.45, 2.75) is 25.6 Å². The van der Waals surface area contributed by atoms with Gasteiger partial charge in [0.1, 0.15) is 12.4 Å². The Hall–Kier alpha value is -1.13. The molecule has 1 N–H and O–H groups in total. The highest BCUT2D eigenvalue weighted by atomic mass is 16.5. The van der Waals surface area contributed by atoms with Crippen LogP contribution in [0.3, 0.4) is 0 Å². The summed E-state index contributed by atoms with van der Waals surface area (Å²) in [6.45, 7) is 1.36. The van der Waals surface area contributed by atoms with Gasteiger partial charge in [-0.05, 0) is 18.9 Å². The largest absolute Gasteiger partial charge is 0.491 e. The first-order valence-corrected chi connectivity index (χ1v) is 5.18. The molecule has 1 aliphatic rings. The second-order valence-electron chi connectivity index (χ2n) is 3.59. The summed E-state index contributed by atoms with van der Waals surface area (Å²) < 4.78 is 11.0. The molecule has 82 valence electrons. The highest BCUT2D eigenvalue weighted by Crippen LogP contribution is 2.16. The quantitative estimate of drug-likeness (QED) is 0.807. The van der Waals surface area contributed by atoms with Gasteiger partial charge in [0.2, 0.25) is 0 Å². The minimum absolute atomic E-state index is 0.0584. The number of pyridine rings is 1. The molecule has 0 spiro atoms. The zero-order valence-electron chi connectivity index (χ0n) is 8.56. The number of hydrogen-bond donors (Lipinski definition) is 1. The molecule has 0 bridgehead atoms. The van der Waals surface area contributed by atoms with E-state index in [1.165, 1.54) is 0 Å². The van der Waals surface area contributed by atoms with Crippen LogP contribution in [0.15, 0.2) is 18.3 Å². The molecule has 1 fully saturated rings. The minimum Gasteiger partial charge on any atom is -0.491 e. The molecule has 0 amide bonds. The van der Waals surface area contributed by atoms with E-state index in [9.17, 15) is 0 Å². The van der Waals surface area contributed by atoms with E-state index < -0.39 is 0 Å². The molecule has 1 atom stereocenters. The Morgan fingerprint density at radius 3 is 3.27 bits per heavy atom. The summed E-state index contributed by atoms with van der Waals surface area (Å²) in [7, 11) is 0. The Labute approximate surface area is 88.9 Å². The molecule has 0 radical (unpaired) electrons. The second-order valence-corrected chi connectivity index (χ2v) is 3.59. The Balaban J connectivity index is 1.86. The van der Waals surface area contributed by atoms with Gasteiger partial charge in [-0.2, -0.15) is 0 Å². The van der Waals surface area contributed by atoms with Crippen molar-refractivity contribution in [3.05, 3.63) is 24.0 Å². The van der Waals surface area contributed by atoms with Gasteiger partial charge in [0.25, 0.3) is 0 Å². The van der Waals surface area contributed by atoms with Crippen LogP contribution in [-0.4, -0.2) is 29.4 Å². The Kier molecular flexibility index (Phi) is 3.53. The molecule has 2 heterocycles. The first-order chi connectivity index (χ1) is 7.38. The summed E-state index contributed by atoms with van der Waals surface area (Å²) in [6.07, 6.45) is 4.04. The van der Waals surface area contributed by atoms with Gasteiger partial charge in [-0.3, -0.25) is 4.98 Å². The van der Waals surface area contributed by atoms with E-state index in [1.807, 2.05) is 0 Å². The van der Waals surface area contributed by atoms with Crippen molar-refractivity contribution in [2.75, 3.05) is 13.2 Å². The number of nitrogens with zero attached hydrogens (tertiary/aromatic N) is 1. The van der Waals surface area contributed by atoms with Gasteiger partial charge in [0, 0.05) is 18.9 Å². The summed E-state index contributed by atoms with van der Waals surface area (Å²) >= 11 is 0. The first-order valence-electron chi connectivity index (χ1n) is 5.18. The summed E-state index contributed by atoms with van der Waals surface area (Å²) in [4.78, 5) is 3.98. The Morgan fingerprint density at radius 2 is 2.53 bits per heavy atom. The molecule has 1 aliphatic heterocycles. The number of rotatable bonds is 4. The maximum absolute atomic E-state index is 8.90. The lowest BCUT2D eigenvalue weighted by molar-refractivity contribution is 0.0678. The third-order valence-corrected chi connectivity index (χ3v) is 2.41. The molecule has 1 aromatic heterocycles. The van der Waals surface area contributed by atoms with Crippen molar-refractivity contribution in [3.8, 4) is 5.75 Å². The van der Waals surface area contributed by atoms with Gasteiger partial charge in [0.15, 0.2) is 0 Å². The second kappa shape index (κ2) is 5.09. The van der Waals surface area contributed by atoms with E-state index in [0.717, 1.165) is 25.2 Å². The normalized spacial score (nSPS) is 20.5. The molecule has 15 heavy (non-hydrogen) atoms. The van der Waals surface area contributed by atoms with Crippen molar-refractivity contribution in [3.63, 3.8) is 0 Å². The van der Waals surface area contributed by atoms with E-state index >= 15 is 0 Å². The fourth-order valence-corrected chi connectivity index (χ4v) is 1.60.